The molecule has 1 N–H and O–H groups in total. The average molecular weight is 458 g/mol. The van der Waals surface area contributed by atoms with Crippen molar-refractivity contribution in [1.82, 2.24) is 4.98 Å². The fraction of sp³-hybridized carbons (Fsp3) is 0.222. The van der Waals surface area contributed by atoms with Crippen LogP contribution >= 0.6 is 0 Å². The van der Waals surface area contributed by atoms with Crippen molar-refractivity contribution in [2.24, 2.45) is 0 Å². The molecule has 0 bridgehead atoms. The SMILES string of the molecule is CC(C)Oc1ccc(/C(O)=C2\C(=O)C(=O)N(c3ccc(N(C)C)cc3)C2c2ccncc2)cc1. The Morgan fingerprint density at radius 1 is 0.971 bits per heavy atom. The molecular formula is C27H27N3O4. The van der Waals surface area contributed by atoms with Crippen molar-refractivity contribution >= 4 is 28.8 Å². The summed E-state index contributed by atoms with van der Waals surface area (Å²) in [4.78, 5) is 33.9. The minimum absolute atomic E-state index is 0.00958. The molecule has 0 aliphatic carbocycles. The van der Waals surface area contributed by atoms with Crippen LogP contribution in [0, 0.1) is 0 Å². The Morgan fingerprint density at radius 2 is 1.59 bits per heavy atom. The van der Waals surface area contributed by atoms with Gasteiger partial charge in [-0.05, 0) is 80.1 Å². The first-order chi connectivity index (χ1) is 16.3. The van der Waals surface area contributed by atoms with Gasteiger partial charge < -0.3 is 14.7 Å². The topological polar surface area (TPSA) is 83.0 Å². The van der Waals surface area contributed by atoms with E-state index in [1.54, 1.807) is 60.9 Å². The molecule has 1 aliphatic heterocycles. The molecule has 174 valence electrons. The average Bonchev–Trinajstić information content (AvgIpc) is 3.10. The summed E-state index contributed by atoms with van der Waals surface area (Å²) in [6.45, 7) is 3.85. The van der Waals surface area contributed by atoms with Crippen molar-refractivity contribution in [3.05, 3.63) is 89.8 Å². The predicted molar refractivity (Wildman–Crippen MR) is 132 cm³/mol. The van der Waals surface area contributed by atoms with Crippen LogP contribution in [0.5, 0.6) is 5.75 Å². The molecule has 1 aliphatic rings. The number of rotatable bonds is 6. The van der Waals surface area contributed by atoms with Crippen LogP contribution in [0.15, 0.2) is 78.6 Å². The molecule has 4 rings (SSSR count). The van der Waals surface area contributed by atoms with E-state index in [1.165, 1.54) is 4.90 Å². The van der Waals surface area contributed by atoms with Crippen LogP contribution in [-0.2, 0) is 9.59 Å². The largest absolute Gasteiger partial charge is 0.507 e. The number of carbonyl (C=O) groups excluding carboxylic acids is 2. The molecule has 0 saturated carbocycles. The number of aromatic nitrogens is 1. The van der Waals surface area contributed by atoms with Gasteiger partial charge in [0.05, 0.1) is 17.7 Å². The Hall–Kier alpha value is -4.13. The lowest BCUT2D eigenvalue weighted by atomic mass is 9.95. The monoisotopic (exact) mass is 457 g/mol. The van der Waals surface area contributed by atoms with E-state index >= 15 is 0 Å². The normalized spacial score (nSPS) is 17.3. The third-order valence-electron chi connectivity index (χ3n) is 5.61. The summed E-state index contributed by atoms with van der Waals surface area (Å²) in [6, 6.07) is 16.9. The molecule has 1 unspecified atom stereocenters. The molecule has 7 heteroatoms. The molecule has 2 heterocycles. The van der Waals surface area contributed by atoms with E-state index in [4.69, 9.17) is 4.74 Å². The van der Waals surface area contributed by atoms with Gasteiger partial charge >= 0.3 is 0 Å². The van der Waals surface area contributed by atoms with Gasteiger partial charge in [-0.2, -0.15) is 0 Å². The zero-order valence-electron chi connectivity index (χ0n) is 19.6. The van der Waals surface area contributed by atoms with Crippen molar-refractivity contribution in [1.29, 1.82) is 0 Å². The van der Waals surface area contributed by atoms with E-state index in [1.807, 2.05) is 45.0 Å². The van der Waals surface area contributed by atoms with Crippen molar-refractivity contribution in [2.75, 3.05) is 23.9 Å². The van der Waals surface area contributed by atoms with Crippen molar-refractivity contribution in [2.45, 2.75) is 26.0 Å². The maximum Gasteiger partial charge on any atom is 0.300 e. The van der Waals surface area contributed by atoms with Gasteiger partial charge in [0.25, 0.3) is 11.7 Å². The van der Waals surface area contributed by atoms with Gasteiger partial charge in [0, 0.05) is 43.4 Å². The van der Waals surface area contributed by atoms with Crippen molar-refractivity contribution in [3.8, 4) is 5.75 Å². The highest BCUT2D eigenvalue weighted by molar-refractivity contribution is 6.51. The molecule has 0 spiro atoms. The summed E-state index contributed by atoms with van der Waals surface area (Å²) >= 11 is 0. The second kappa shape index (κ2) is 9.39. The van der Waals surface area contributed by atoms with Crippen LogP contribution in [-0.4, -0.2) is 42.0 Å². The lowest BCUT2D eigenvalue weighted by molar-refractivity contribution is -0.132. The Balaban J connectivity index is 1.82. The van der Waals surface area contributed by atoms with Crippen LogP contribution in [0.3, 0.4) is 0 Å². The van der Waals surface area contributed by atoms with Crippen LogP contribution in [0.2, 0.25) is 0 Å². The van der Waals surface area contributed by atoms with Crippen LogP contribution in [0.25, 0.3) is 5.76 Å². The molecule has 2 aromatic carbocycles. The van der Waals surface area contributed by atoms with Crippen LogP contribution in [0.4, 0.5) is 11.4 Å². The van der Waals surface area contributed by atoms with Gasteiger partial charge in [0.15, 0.2) is 0 Å². The number of anilines is 2. The lowest BCUT2D eigenvalue weighted by Crippen LogP contribution is -2.29. The summed E-state index contributed by atoms with van der Waals surface area (Å²) in [6.07, 6.45) is 3.21. The van der Waals surface area contributed by atoms with Gasteiger partial charge in [-0.3, -0.25) is 19.5 Å². The molecule has 1 amide bonds. The predicted octanol–water partition coefficient (Wildman–Crippen LogP) is 4.56. The molecule has 7 nitrogen and oxygen atoms in total. The highest BCUT2D eigenvalue weighted by atomic mass is 16.5. The number of Topliss-reactive ketones (excluding diaryl/α,β-unsaturated/α-hetero) is 1. The fourth-order valence-electron chi connectivity index (χ4n) is 3.99. The molecular weight excluding hydrogens is 430 g/mol. The highest BCUT2D eigenvalue weighted by Gasteiger charge is 2.46. The Labute approximate surface area is 198 Å². The number of benzene rings is 2. The number of carbonyl (C=O) groups is 2. The van der Waals surface area contributed by atoms with Gasteiger partial charge in [-0.1, -0.05) is 0 Å². The van der Waals surface area contributed by atoms with E-state index < -0.39 is 17.7 Å². The molecule has 1 atom stereocenters. The number of pyridine rings is 1. The van der Waals surface area contributed by atoms with Gasteiger partial charge in [0.1, 0.15) is 11.5 Å². The number of ketones is 1. The third kappa shape index (κ3) is 4.37. The molecule has 34 heavy (non-hydrogen) atoms. The van der Waals surface area contributed by atoms with E-state index in [0.29, 0.717) is 22.6 Å². The Bertz CT molecular complexity index is 1220. The molecule has 1 fully saturated rings. The summed E-state index contributed by atoms with van der Waals surface area (Å²) in [7, 11) is 3.85. The first-order valence-electron chi connectivity index (χ1n) is 11.0. The number of nitrogens with zero attached hydrogens (tertiary/aromatic N) is 3. The highest BCUT2D eigenvalue weighted by Crippen LogP contribution is 2.42. The number of amides is 1. The van der Waals surface area contributed by atoms with Crippen molar-refractivity contribution in [3.63, 3.8) is 0 Å². The second-order valence-electron chi connectivity index (χ2n) is 8.55. The van der Waals surface area contributed by atoms with Crippen LogP contribution in [0.1, 0.15) is 31.0 Å². The maximum absolute atomic E-state index is 13.2. The molecule has 1 aromatic heterocycles. The molecule has 3 aromatic rings. The maximum atomic E-state index is 13.2. The number of ether oxygens (including phenoxy) is 1. The third-order valence-corrected chi connectivity index (χ3v) is 5.61. The second-order valence-corrected chi connectivity index (χ2v) is 8.55. The summed E-state index contributed by atoms with van der Waals surface area (Å²) in [5.41, 5.74) is 2.66. The Kier molecular flexibility index (Phi) is 6.36. The zero-order valence-corrected chi connectivity index (χ0v) is 19.6. The lowest BCUT2D eigenvalue weighted by Gasteiger charge is -2.26. The molecule has 1 saturated heterocycles. The fourth-order valence-corrected chi connectivity index (χ4v) is 3.99. The summed E-state index contributed by atoms with van der Waals surface area (Å²) in [5.74, 6) is -1.01. The minimum Gasteiger partial charge on any atom is -0.507 e. The molecule has 0 radical (unpaired) electrons. The first kappa shape index (κ1) is 23.0. The minimum atomic E-state index is -0.792. The Morgan fingerprint density at radius 3 is 2.15 bits per heavy atom. The van der Waals surface area contributed by atoms with E-state index in [-0.39, 0.29) is 17.4 Å². The smallest absolute Gasteiger partial charge is 0.300 e. The van der Waals surface area contributed by atoms with Crippen molar-refractivity contribution < 1.29 is 19.4 Å². The van der Waals surface area contributed by atoms with Gasteiger partial charge in [0.2, 0.25) is 0 Å². The van der Waals surface area contributed by atoms with E-state index in [9.17, 15) is 14.7 Å². The number of aliphatic hydroxyl groups is 1. The number of hydrogen-bond donors (Lipinski definition) is 1. The quantitative estimate of drug-likeness (QED) is 0.332. The van der Waals surface area contributed by atoms with E-state index in [0.717, 1.165) is 5.69 Å². The van der Waals surface area contributed by atoms with Crippen LogP contribution < -0.4 is 14.5 Å². The summed E-state index contributed by atoms with van der Waals surface area (Å²) < 4.78 is 5.67. The standard InChI is InChI=1S/C27H27N3O4/c1-17(2)34-22-11-5-19(6-12-22)25(31)23-24(18-13-15-28-16-14-18)30(27(33)26(23)32)21-9-7-20(8-10-21)29(3)4/h5-17,24,31H,1-4H3/b25-23+. The number of aliphatic hydroxyl groups excluding tert-OH is 1. The van der Waals surface area contributed by atoms with Gasteiger partial charge in [-0.15, -0.1) is 0 Å². The number of hydrogen-bond acceptors (Lipinski definition) is 6. The zero-order chi connectivity index (χ0) is 24.4. The summed E-state index contributed by atoms with van der Waals surface area (Å²) in [5, 5.41) is 11.2. The van der Waals surface area contributed by atoms with Gasteiger partial charge in [-0.25, -0.2) is 0 Å². The van der Waals surface area contributed by atoms with E-state index in [2.05, 4.69) is 4.98 Å². The first-order valence-corrected chi connectivity index (χ1v) is 11.0.